The second kappa shape index (κ2) is 23.2. The first-order valence-electron chi connectivity index (χ1n) is 21.6. The average Bonchev–Trinajstić information content (AvgIpc) is 3.86. The number of carbonyl (C=O) groups is 8. The highest BCUT2D eigenvalue weighted by atomic mass is 16.4. The van der Waals surface area contributed by atoms with E-state index in [4.69, 9.17) is 0 Å². The number of aliphatic carboxylic acids is 1. The van der Waals surface area contributed by atoms with Crippen LogP contribution in [-0.4, -0.2) is 124 Å². The van der Waals surface area contributed by atoms with Crippen molar-refractivity contribution in [1.82, 2.24) is 46.8 Å². The normalized spacial score (nSPS) is 14.2. The molecule has 2 aromatic heterocycles. The zero-order valence-corrected chi connectivity index (χ0v) is 37.8. The molecule has 6 amide bonds. The Morgan fingerprint density at radius 2 is 1.17 bits per heavy atom. The van der Waals surface area contributed by atoms with Crippen molar-refractivity contribution >= 4 is 69.0 Å². The fraction of sp³-hybridized carbons (Fsp3) is 0.478. The molecule has 0 saturated carbocycles. The van der Waals surface area contributed by atoms with Crippen molar-refractivity contribution in [3.05, 3.63) is 72.1 Å². The Bertz CT molecular complexity index is 2300. The molecule has 18 nitrogen and oxygen atoms in total. The molecule has 2 heterocycles. The minimum absolute atomic E-state index is 0.0206. The summed E-state index contributed by atoms with van der Waals surface area (Å²) >= 11 is 0. The number of likely N-dealkylation sites (N-methyl/N-ethyl adjacent to an activating group) is 1. The number of carbonyl (C=O) groups excluding carboxylic acids is 7. The quantitative estimate of drug-likeness (QED) is 0.0495. The molecule has 2 aromatic carbocycles. The van der Waals surface area contributed by atoms with Crippen LogP contribution in [0.1, 0.15) is 72.4 Å². The Morgan fingerprint density at radius 3 is 1.67 bits per heavy atom. The van der Waals surface area contributed by atoms with E-state index in [0.717, 1.165) is 27.4 Å². The maximum atomic E-state index is 14.1. The monoisotopic (exact) mass is 885 g/mol. The molecule has 0 aliphatic rings. The standard InChI is InChI=1S/C46H63N9O9/c1-9-18-55(27(6)28(7)56)46(64)41(26(4)5)54-44(62)36(20-30-23-49-34-17-13-11-15-32(30)34)51-38(57)24-50-42(60)37(21-39(58)59)52-45(63)40(25(2)3)53-43(61)35(47-8)19-29-22-48-33-16-12-10-14-31(29)33/h10-17,22-23,25-27,35-37,40-41,47-49H,9,18-21,24H2,1-8H3,(H,50,60)(H,51,57)(H,52,63)(H,53,61)(H,54,62)(H,58,59)/t27-,35-,36-,37-,40?,41?/m0/s1. The van der Waals surface area contributed by atoms with Crippen LogP contribution in [0.25, 0.3) is 21.8 Å². The number of hydrogen-bond acceptors (Lipinski definition) is 9. The van der Waals surface area contributed by atoms with Gasteiger partial charge in [-0.2, -0.15) is 0 Å². The number of carboxylic acid groups (broad SMARTS) is 1. The highest BCUT2D eigenvalue weighted by molar-refractivity contribution is 5.98. The first-order valence-corrected chi connectivity index (χ1v) is 21.6. The van der Waals surface area contributed by atoms with Crippen LogP contribution in [0.4, 0.5) is 0 Å². The van der Waals surface area contributed by atoms with Gasteiger partial charge in [-0.1, -0.05) is 71.0 Å². The molecule has 9 N–H and O–H groups in total. The van der Waals surface area contributed by atoms with Crippen molar-refractivity contribution < 1.29 is 43.5 Å². The van der Waals surface area contributed by atoms with Crippen LogP contribution in [-0.2, 0) is 51.2 Å². The number of nitrogens with one attached hydrogen (secondary N) is 8. The molecule has 0 aliphatic heterocycles. The van der Waals surface area contributed by atoms with Gasteiger partial charge in [0, 0.05) is 47.2 Å². The van der Waals surface area contributed by atoms with E-state index in [0.29, 0.717) is 18.4 Å². The number of fused-ring (bicyclic) bond motifs is 2. The van der Waals surface area contributed by atoms with Gasteiger partial charge in [-0.05, 0) is 68.8 Å². The fourth-order valence-electron chi connectivity index (χ4n) is 7.45. The van der Waals surface area contributed by atoms with E-state index in [1.165, 1.54) is 11.8 Å². The third kappa shape index (κ3) is 13.2. The number of nitrogens with zero attached hydrogens (tertiary/aromatic N) is 1. The van der Waals surface area contributed by atoms with Crippen molar-refractivity contribution in [2.75, 3.05) is 20.1 Å². The number of H-pyrrole nitrogens is 2. The second-order valence-electron chi connectivity index (χ2n) is 16.7. The van der Waals surface area contributed by atoms with Gasteiger partial charge in [0.25, 0.3) is 0 Å². The fourth-order valence-corrected chi connectivity index (χ4v) is 7.45. The molecule has 0 saturated heterocycles. The zero-order valence-electron chi connectivity index (χ0n) is 37.8. The van der Waals surface area contributed by atoms with Crippen LogP contribution in [0.3, 0.4) is 0 Å². The van der Waals surface area contributed by atoms with Gasteiger partial charge < -0.3 is 51.9 Å². The predicted octanol–water partition coefficient (Wildman–Crippen LogP) is 2.08. The highest BCUT2D eigenvalue weighted by Crippen LogP contribution is 2.21. The first-order chi connectivity index (χ1) is 30.4. The molecule has 0 aliphatic carbocycles. The topological polar surface area (TPSA) is 264 Å². The summed E-state index contributed by atoms with van der Waals surface area (Å²) in [5, 5.41) is 27.4. The van der Waals surface area contributed by atoms with Gasteiger partial charge in [-0.15, -0.1) is 0 Å². The molecular formula is C46H63N9O9. The third-order valence-corrected chi connectivity index (χ3v) is 11.2. The average molecular weight is 886 g/mol. The number of amides is 6. The van der Waals surface area contributed by atoms with Crippen LogP contribution in [0.5, 0.6) is 0 Å². The maximum absolute atomic E-state index is 14.1. The molecule has 18 heteroatoms. The summed E-state index contributed by atoms with van der Waals surface area (Å²) in [4.78, 5) is 114. The molecule has 4 aromatic rings. The van der Waals surface area contributed by atoms with Crippen molar-refractivity contribution in [2.45, 2.75) is 110 Å². The lowest BCUT2D eigenvalue weighted by molar-refractivity contribution is -0.143. The number of ketones is 1. The summed E-state index contributed by atoms with van der Waals surface area (Å²) in [6, 6.07) is 8.41. The zero-order chi connectivity index (χ0) is 47.2. The lowest BCUT2D eigenvalue weighted by Gasteiger charge is -2.33. The molecule has 2 unspecified atom stereocenters. The molecule has 0 bridgehead atoms. The maximum Gasteiger partial charge on any atom is 0.305 e. The van der Waals surface area contributed by atoms with Crippen LogP contribution in [0.2, 0.25) is 0 Å². The Labute approximate surface area is 372 Å². The van der Waals surface area contributed by atoms with E-state index < -0.39 is 102 Å². The van der Waals surface area contributed by atoms with Gasteiger partial charge in [0.2, 0.25) is 35.4 Å². The Balaban J connectivity index is 1.47. The number of aromatic nitrogens is 2. The lowest BCUT2D eigenvalue weighted by Crippen LogP contribution is -2.59. The number of benzene rings is 2. The number of carboxylic acids is 1. The van der Waals surface area contributed by atoms with Gasteiger partial charge in [0.15, 0.2) is 5.78 Å². The number of rotatable bonds is 24. The van der Waals surface area contributed by atoms with E-state index >= 15 is 0 Å². The highest BCUT2D eigenvalue weighted by Gasteiger charge is 2.35. The molecule has 0 fully saturated rings. The van der Waals surface area contributed by atoms with Crippen LogP contribution in [0.15, 0.2) is 60.9 Å². The Morgan fingerprint density at radius 1 is 0.656 bits per heavy atom. The van der Waals surface area contributed by atoms with Crippen molar-refractivity contribution in [2.24, 2.45) is 11.8 Å². The van der Waals surface area contributed by atoms with E-state index in [1.807, 2.05) is 61.7 Å². The summed E-state index contributed by atoms with van der Waals surface area (Å²) < 4.78 is 0. The van der Waals surface area contributed by atoms with Crippen molar-refractivity contribution in [3.63, 3.8) is 0 Å². The van der Waals surface area contributed by atoms with Gasteiger partial charge in [0.1, 0.15) is 24.2 Å². The summed E-state index contributed by atoms with van der Waals surface area (Å²) in [6.45, 7) is 11.3. The lowest BCUT2D eigenvalue weighted by atomic mass is 9.99. The minimum atomic E-state index is -1.64. The van der Waals surface area contributed by atoms with Crippen LogP contribution in [0, 0.1) is 11.8 Å². The van der Waals surface area contributed by atoms with E-state index in [1.54, 1.807) is 47.9 Å². The van der Waals surface area contributed by atoms with Crippen LogP contribution >= 0.6 is 0 Å². The molecule has 6 atom stereocenters. The minimum Gasteiger partial charge on any atom is -0.481 e. The number of Topliss-reactive ketones (excluding diaryl/α,β-unsaturated/α-hetero) is 1. The van der Waals surface area contributed by atoms with Crippen LogP contribution < -0.4 is 31.9 Å². The summed E-state index contributed by atoms with van der Waals surface area (Å²) in [5.74, 6) is -6.76. The smallest absolute Gasteiger partial charge is 0.305 e. The SMILES string of the molecule is CCCN(C(=O)C(NC(=O)[C@H](Cc1c[nH]c2ccccc12)NC(=O)CNC(=O)[C@H](CC(=O)O)NC(=O)C(NC(=O)[C@H](Cc1c[nH]c2ccccc12)NC)C(C)C)C(C)C)[C@@H](C)C(C)=O. The molecule has 346 valence electrons. The first kappa shape index (κ1) is 50.1. The van der Waals surface area contributed by atoms with Gasteiger partial charge in [0.05, 0.1) is 25.0 Å². The van der Waals surface area contributed by atoms with Crippen molar-refractivity contribution in [3.8, 4) is 0 Å². The van der Waals surface area contributed by atoms with Crippen molar-refractivity contribution in [1.29, 1.82) is 0 Å². The van der Waals surface area contributed by atoms with Gasteiger partial charge in [-0.3, -0.25) is 38.4 Å². The predicted molar refractivity (Wildman–Crippen MR) is 242 cm³/mol. The molecule has 64 heavy (non-hydrogen) atoms. The second-order valence-corrected chi connectivity index (χ2v) is 16.7. The molecule has 4 rings (SSSR count). The van der Waals surface area contributed by atoms with Gasteiger partial charge >= 0.3 is 5.97 Å². The number of hydrogen-bond donors (Lipinski definition) is 9. The van der Waals surface area contributed by atoms with E-state index in [2.05, 4.69) is 41.9 Å². The van der Waals surface area contributed by atoms with Gasteiger partial charge in [-0.25, -0.2) is 0 Å². The van der Waals surface area contributed by atoms with E-state index in [9.17, 15) is 43.5 Å². The Kier molecular flexibility index (Phi) is 18.2. The molecule has 0 spiro atoms. The number of aromatic amines is 2. The third-order valence-electron chi connectivity index (χ3n) is 11.2. The Hall–Kier alpha value is -6.56. The van der Waals surface area contributed by atoms with E-state index in [-0.39, 0.29) is 18.7 Å². The largest absolute Gasteiger partial charge is 0.481 e. The number of para-hydroxylation sites is 2. The summed E-state index contributed by atoms with van der Waals surface area (Å²) in [6.07, 6.45) is 3.52. The molecule has 0 radical (unpaired) electrons. The summed E-state index contributed by atoms with van der Waals surface area (Å²) in [5.41, 5.74) is 3.26. The summed E-state index contributed by atoms with van der Waals surface area (Å²) in [7, 11) is 1.62. The molecular weight excluding hydrogens is 823 g/mol.